The summed E-state index contributed by atoms with van der Waals surface area (Å²) in [5.74, 6) is 0.936. The summed E-state index contributed by atoms with van der Waals surface area (Å²) in [7, 11) is 0. The van der Waals surface area contributed by atoms with Crippen LogP contribution in [0.25, 0.3) is 0 Å². The van der Waals surface area contributed by atoms with Crippen molar-refractivity contribution in [2.24, 2.45) is 5.92 Å². The van der Waals surface area contributed by atoms with Gasteiger partial charge in [0.1, 0.15) is 5.75 Å². The zero-order chi connectivity index (χ0) is 13.5. The molecular formula is C14H20ClNO2. The van der Waals surface area contributed by atoms with Crippen LogP contribution < -0.4 is 5.32 Å². The average Bonchev–Trinajstić information content (AvgIpc) is 2.30. The zero-order valence-corrected chi connectivity index (χ0v) is 11.6. The molecule has 0 aliphatic rings. The van der Waals surface area contributed by atoms with Crippen molar-refractivity contribution in [1.29, 1.82) is 0 Å². The molecule has 1 aromatic rings. The number of rotatable bonds is 6. The standard InChI is InChI=1S/C14H20ClNO2/c1-10(2)7-12(9-15)16-14(18)8-11-5-3-4-6-13(11)17/h3-6,10,12,17H,7-9H2,1-2H3,(H,16,18). The third-order valence-corrected chi connectivity index (χ3v) is 3.02. The Hall–Kier alpha value is -1.22. The number of para-hydroxylation sites is 1. The van der Waals surface area contributed by atoms with Crippen molar-refractivity contribution in [2.75, 3.05) is 5.88 Å². The molecule has 1 atom stereocenters. The molecule has 1 amide bonds. The van der Waals surface area contributed by atoms with Crippen molar-refractivity contribution < 1.29 is 9.90 Å². The number of carbonyl (C=O) groups is 1. The number of phenolic OH excluding ortho intramolecular Hbond substituents is 1. The Kier molecular flexibility index (Phi) is 5.99. The highest BCUT2D eigenvalue weighted by Gasteiger charge is 2.14. The summed E-state index contributed by atoms with van der Waals surface area (Å²) >= 11 is 5.83. The number of halogens is 1. The van der Waals surface area contributed by atoms with Crippen LogP contribution in [0.5, 0.6) is 5.75 Å². The summed E-state index contributed by atoms with van der Waals surface area (Å²) < 4.78 is 0. The molecule has 0 bridgehead atoms. The fraction of sp³-hybridized carbons (Fsp3) is 0.500. The molecule has 2 N–H and O–H groups in total. The normalized spacial score (nSPS) is 12.4. The molecule has 0 radical (unpaired) electrons. The molecule has 1 rings (SSSR count). The number of carbonyl (C=O) groups excluding carboxylic acids is 1. The molecule has 0 aliphatic carbocycles. The second-order valence-corrected chi connectivity index (χ2v) is 5.16. The maximum Gasteiger partial charge on any atom is 0.224 e. The molecule has 0 saturated heterocycles. The van der Waals surface area contributed by atoms with Gasteiger partial charge in [-0.2, -0.15) is 0 Å². The molecule has 3 nitrogen and oxygen atoms in total. The third kappa shape index (κ3) is 4.96. The lowest BCUT2D eigenvalue weighted by Gasteiger charge is -2.18. The van der Waals surface area contributed by atoms with Crippen molar-refractivity contribution >= 4 is 17.5 Å². The van der Waals surface area contributed by atoms with Gasteiger partial charge in [-0.05, 0) is 18.4 Å². The summed E-state index contributed by atoms with van der Waals surface area (Å²) in [5, 5.41) is 12.5. The second-order valence-electron chi connectivity index (χ2n) is 4.85. The van der Waals surface area contributed by atoms with E-state index < -0.39 is 0 Å². The van der Waals surface area contributed by atoms with E-state index in [1.54, 1.807) is 24.3 Å². The van der Waals surface area contributed by atoms with Gasteiger partial charge in [-0.15, -0.1) is 11.6 Å². The van der Waals surface area contributed by atoms with Gasteiger partial charge in [0.15, 0.2) is 0 Å². The molecule has 100 valence electrons. The lowest BCUT2D eigenvalue weighted by atomic mass is 10.0. The van der Waals surface area contributed by atoms with Crippen LogP contribution in [0.1, 0.15) is 25.8 Å². The molecule has 18 heavy (non-hydrogen) atoms. The van der Waals surface area contributed by atoms with E-state index in [1.807, 2.05) is 0 Å². The van der Waals surface area contributed by atoms with Crippen molar-refractivity contribution in [3.63, 3.8) is 0 Å². The van der Waals surface area contributed by atoms with Crippen LogP contribution in [0.4, 0.5) is 0 Å². The van der Waals surface area contributed by atoms with E-state index in [0.717, 1.165) is 6.42 Å². The number of hydrogen-bond donors (Lipinski definition) is 2. The van der Waals surface area contributed by atoms with Crippen LogP contribution in [0, 0.1) is 5.92 Å². The molecule has 1 aromatic carbocycles. The maximum atomic E-state index is 11.8. The first-order valence-electron chi connectivity index (χ1n) is 6.15. The Morgan fingerprint density at radius 2 is 2.06 bits per heavy atom. The maximum absolute atomic E-state index is 11.8. The predicted octanol–water partition coefficient (Wildman–Crippen LogP) is 2.70. The zero-order valence-electron chi connectivity index (χ0n) is 10.8. The third-order valence-electron chi connectivity index (χ3n) is 2.65. The van der Waals surface area contributed by atoms with Gasteiger partial charge >= 0.3 is 0 Å². The van der Waals surface area contributed by atoms with Gasteiger partial charge in [-0.3, -0.25) is 4.79 Å². The van der Waals surface area contributed by atoms with Crippen LogP contribution in [-0.4, -0.2) is 22.9 Å². The van der Waals surface area contributed by atoms with Gasteiger partial charge in [0, 0.05) is 17.5 Å². The number of benzene rings is 1. The fourth-order valence-corrected chi connectivity index (χ4v) is 2.04. The largest absolute Gasteiger partial charge is 0.508 e. The molecule has 0 aromatic heterocycles. The minimum atomic E-state index is -0.109. The first-order valence-corrected chi connectivity index (χ1v) is 6.68. The minimum absolute atomic E-state index is 0.00924. The predicted molar refractivity (Wildman–Crippen MR) is 73.9 cm³/mol. The van der Waals surface area contributed by atoms with Gasteiger partial charge in [-0.25, -0.2) is 0 Å². The Morgan fingerprint density at radius 1 is 1.39 bits per heavy atom. The molecular weight excluding hydrogens is 250 g/mol. The van der Waals surface area contributed by atoms with Crippen molar-refractivity contribution in [3.8, 4) is 5.75 Å². The lowest BCUT2D eigenvalue weighted by Crippen LogP contribution is -2.38. The average molecular weight is 270 g/mol. The number of alkyl halides is 1. The monoisotopic (exact) mass is 269 g/mol. The van der Waals surface area contributed by atoms with Crippen LogP contribution in [0.2, 0.25) is 0 Å². The summed E-state index contributed by atoms with van der Waals surface area (Å²) in [6.45, 7) is 4.18. The summed E-state index contributed by atoms with van der Waals surface area (Å²) in [4.78, 5) is 11.8. The summed E-state index contributed by atoms with van der Waals surface area (Å²) in [6.07, 6.45) is 1.04. The Labute approximate surface area is 113 Å². The molecule has 4 heteroatoms. The van der Waals surface area contributed by atoms with Gasteiger partial charge < -0.3 is 10.4 Å². The molecule has 1 unspecified atom stereocenters. The molecule has 0 spiro atoms. The van der Waals surface area contributed by atoms with E-state index in [2.05, 4.69) is 19.2 Å². The van der Waals surface area contributed by atoms with E-state index in [0.29, 0.717) is 17.4 Å². The summed E-state index contributed by atoms with van der Waals surface area (Å²) in [6, 6.07) is 6.85. The topological polar surface area (TPSA) is 49.3 Å². The van der Waals surface area contributed by atoms with Gasteiger partial charge in [-0.1, -0.05) is 32.0 Å². The highest BCUT2D eigenvalue weighted by molar-refractivity contribution is 6.18. The Bertz CT molecular complexity index is 393. The van der Waals surface area contributed by atoms with Crippen molar-refractivity contribution in [2.45, 2.75) is 32.7 Å². The second kappa shape index (κ2) is 7.27. The lowest BCUT2D eigenvalue weighted by molar-refractivity contribution is -0.121. The number of nitrogens with one attached hydrogen (secondary N) is 1. The van der Waals surface area contributed by atoms with Gasteiger partial charge in [0.05, 0.1) is 6.42 Å². The van der Waals surface area contributed by atoms with Crippen LogP contribution in [0.3, 0.4) is 0 Å². The van der Waals surface area contributed by atoms with Crippen LogP contribution in [0.15, 0.2) is 24.3 Å². The molecule has 0 saturated carbocycles. The van der Waals surface area contributed by atoms with E-state index in [4.69, 9.17) is 11.6 Å². The highest BCUT2D eigenvalue weighted by Crippen LogP contribution is 2.16. The number of phenols is 1. The number of aromatic hydroxyl groups is 1. The van der Waals surface area contributed by atoms with Crippen molar-refractivity contribution in [3.05, 3.63) is 29.8 Å². The molecule has 0 aliphatic heterocycles. The molecule has 0 fully saturated rings. The van der Waals surface area contributed by atoms with E-state index >= 15 is 0 Å². The smallest absolute Gasteiger partial charge is 0.224 e. The van der Waals surface area contributed by atoms with E-state index in [-0.39, 0.29) is 24.1 Å². The van der Waals surface area contributed by atoms with E-state index in [9.17, 15) is 9.90 Å². The van der Waals surface area contributed by atoms with Crippen LogP contribution in [-0.2, 0) is 11.2 Å². The van der Waals surface area contributed by atoms with Gasteiger partial charge in [0.2, 0.25) is 5.91 Å². The first-order chi connectivity index (χ1) is 8.52. The highest BCUT2D eigenvalue weighted by atomic mass is 35.5. The Morgan fingerprint density at radius 3 is 2.61 bits per heavy atom. The summed E-state index contributed by atoms with van der Waals surface area (Å²) in [5.41, 5.74) is 0.632. The quantitative estimate of drug-likeness (QED) is 0.780. The van der Waals surface area contributed by atoms with Crippen molar-refractivity contribution in [1.82, 2.24) is 5.32 Å². The van der Waals surface area contributed by atoms with E-state index in [1.165, 1.54) is 0 Å². The number of hydrogen-bond acceptors (Lipinski definition) is 2. The fourth-order valence-electron chi connectivity index (χ4n) is 1.84. The minimum Gasteiger partial charge on any atom is -0.508 e. The Balaban J connectivity index is 2.53. The number of amides is 1. The first kappa shape index (κ1) is 14.8. The molecule has 0 heterocycles. The SMILES string of the molecule is CC(C)CC(CCl)NC(=O)Cc1ccccc1O. The van der Waals surface area contributed by atoms with Gasteiger partial charge in [0.25, 0.3) is 0 Å². The van der Waals surface area contributed by atoms with Crippen LogP contribution >= 0.6 is 11.6 Å².